The fourth-order valence-corrected chi connectivity index (χ4v) is 2.77. The highest BCUT2D eigenvalue weighted by atomic mass is 35.5. The molecule has 0 aromatic carbocycles. The van der Waals surface area contributed by atoms with Gasteiger partial charge in [0, 0.05) is 28.9 Å². The van der Waals surface area contributed by atoms with Gasteiger partial charge in [0.25, 0.3) is 0 Å². The number of hydrogen-bond donors (Lipinski definition) is 1. The molecule has 2 heterocycles. The molecule has 106 valence electrons. The summed E-state index contributed by atoms with van der Waals surface area (Å²) in [4.78, 5) is 4.37. The third-order valence-corrected chi connectivity index (χ3v) is 3.98. The van der Waals surface area contributed by atoms with E-state index in [9.17, 15) is 0 Å². The molecule has 0 spiro atoms. The van der Waals surface area contributed by atoms with Crippen molar-refractivity contribution in [2.24, 2.45) is 5.92 Å². The van der Waals surface area contributed by atoms with Crippen molar-refractivity contribution in [2.75, 3.05) is 5.73 Å². The maximum Gasteiger partial charge on any atom is 0.180 e. The number of thiazole rings is 1. The highest BCUT2D eigenvalue weighted by Gasteiger charge is 2.13. The molecule has 19 heavy (non-hydrogen) atoms. The number of nitrogens with zero attached hydrogens (tertiary/aromatic N) is 2. The van der Waals surface area contributed by atoms with Crippen LogP contribution in [0.4, 0.5) is 5.13 Å². The Bertz CT molecular complexity index is 543. The molecule has 0 aliphatic rings. The number of aromatic nitrogens is 2. The topological polar surface area (TPSA) is 43.8 Å². The molecule has 2 N–H and O–H groups in total. The Labute approximate surface area is 125 Å². The molecule has 0 unspecified atom stereocenters. The molecular formula is C14H22ClN3S. The van der Waals surface area contributed by atoms with Gasteiger partial charge < -0.3 is 10.3 Å². The first-order valence-corrected chi connectivity index (χ1v) is 7.25. The van der Waals surface area contributed by atoms with E-state index in [0.717, 1.165) is 18.2 Å². The Kier molecular flexibility index (Phi) is 5.44. The molecule has 0 aliphatic carbocycles. The van der Waals surface area contributed by atoms with E-state index in [1.54, 1.807) is 0 Å². The molecule has 2 rings (SSSR count). The zero-order chi connectivity index (χ0) is 13.3. The zero-order valence-electron chi connectivity index (χ0n) is 11.9. The van der Waals surface area contributed by atoms with Crippen molar-refractivity contribution in [3.8, 4) is 11.3 Å². The molecule has 3 nitrogen and oxygen atoms in total. The van der Waals surface area contributed by atoms with Crippen molar-refractivity contribution < 1.29 is 0 Å². The smallest absolute Gasteiger partial charge is 0.180 e. The molecular weight excluding hydrogens is 278 g/mol. The monoisotopic (exact) mass is 299 g/mol. The Hall–Kier alpha value is -1.000. The zero-order valence-corrected chi connectivity index (χ0v) is 13.6. The third kappa shape index (κ3) is 3.51. The second kappa shape index (κ2) is 6.44. The molecule has 0 radical (unpaired) electrons. The quantitative estimate of drug-likeness (QED) is 0.916. The van der Waals surface area contributed by atoms with Crippen LogP contribution in [0.2, 0.25) is 0 Å². The predicted molar refractivity (Wildman–Crippen MR) is 86.1 cm³/mol. The van der Waals surface area contributed by atoms with Crippen LogP contribution in [0.5, 0.6) is 0 Å². The number of halogens is 1. The van der Waals surface area contributed by atoms with Gasteiger partial charge in [-0.05, 0) is 32.3 Å². The maximum absolute atomic E-state index is 5.71. The summed E-state index contributed by atoms with van der Waals surface area (Å²) in [7, 11) is 0. The van der Waals surface area contributed by atoms with Gasteiger partial charge in [0.1, 0.15) is 0 Å². The van der Waals surface area contributed by atoms with Gasteiger partial charge in [0.05, 0.1) is 5.69 Å². The number of rotatable bonds is 4. The normalized spacial score (nSPS) is 10.8. The third-order valence-electron chi connectivity index (χ3n) is 3.30. The fourth-order valence-electron chi connectivity index (χ4n) is 2.20. The average molecular weight is 300 g/mol. The second-order valence-corrected chi connectivity index (χ2v) is 6.08. The average Bonchev–Trinajstić information content (AvgIpc) is 2.82. The van der Waals surface area contributed by atoms with E-state index < -0.39 is 0 Å². The Morgan fingerprint density at radius 3 is 2.58 bits per heavy atom. The summed E-state index contributed by atoms with van der Waals surface area (Å²) in [6, 6.07) is 2.21. The van der Waals surface area contributed by atoms with Crippen LogP contribution in [-0.2, 0) is 6.54 Å². The van der Waals surface area contributed by atoms with E-state index in [0.29, 0.717) is 5.13 Å². The van der Waals surface area contributed by atoms with Crippen LogP contribution in [0, 0.1) is 19.8 Å². The van der Waals surface area contributed by atoms with Crippen molar-refractivity contribution in [1.29, 1.82) is 0 Å². The van der Waals surface area contributed by atoms with E-state index in [1.807, 2.05) is 5.38 Å². The van der Waals surface area contributed by atoms with Crippen LogP contribution in [0.25, 0.3) is 11.3 Å². The minimum Gasteiger partial charge on any atom is -0.375 e. The highest BCUT2D eigenvalue weighted by Crippen LogP contribution is 2.29. The fraction of sp³-hybridized carbons (Fsp3) is 0.500. The lowest BCUT2D eigenvalue weighted by atomic mass is 10.1. The van der Waals surface area contributed by atoms with Gasteiger partial charge in [-0.25, -0.2) is 4.98 Å². The number of anilines is 1. The first-order valence-electron chi connectivity index (χ1n) is 6.37. The molecule has 2 aromatic heterocycles. The summed E-state index contributed by atoms with van der Waals surface area (Å²) in [5.41, 5.74) is 10.5. The maximum atomic E-state index is 5.71. The predicted octanol–water partition coefficient (Wildman–Crippen LogP) is 4.28. The van der Waals surface area contributed by atoms with Crippen LogP contribution in [0.1, 0.15) is 31.7 Å². The van der Waals surface area contributed by atoms with Crippen LogP contribution < -0.4 is 5.73 Å². The lowest BCUT2D eigenvalue weighted by Gasteiger charge is -2.11. The SMILES string of the molecule is Cc1cc(-c2csc(N)n2)c(C)n1CCC(C)C.Cl. The van der Waals surface area contributed by atoms with E-state index in [-0.39, 0.29) is 12.4 Å². The molecule has 0 fully saturated rings. The van der Waals surface area contributed by atoms with Crippen molar-refractivity contribution >= 4 is 28.9 Å². The number of hydrogen-bond acceptors (Lipinski definition) is 3. The van der Waals surface area contributed by atoms with Crippen LogP contribution in [0.15, 0.2) is 11.4 Å². The van der Waals surface area contributed by atoms with Crippen molar-refractivity contribution in [3.05, 3.63) is 22.8 Å². The van der Waals surface area contributed by atoms with Crippen molar-refractivity contribution in [2.45, 2.75) is 40.7 Å². The molecule has 2 aromatic rings. The van der Waals surface area contributed by atoms with Gasteiger partial charge in [0.2, 0.25) is 0 Å². The molecule has 0 atom stereocenters. The van der Waals surface area contributed by atoms with Crippen LogP contribution >= 0.6 is 23.7 Å². The first kappa shape index (κ1) is 16.1. The van der Waals surface area contributed by atoms with Gasteiger partial charge in [-0.2, -0.15) is 0 Å². The van der Waals surface area contributed by atoms with E-state index >= 15 is 0 Å². The Morgan fingerprint density at radius 2 is 2.05 bits per heavy atom. The second-order valence-electron chi connectivity index (χ2n) is 5.19. The van der Waals surface area contributed by atoms with Gasteiger partial charge in [-0.1, -0.05) is 13.8 Å². The van der Waals surface area contributed by atoms with E-state index in [1.165, 1.54) is 34.7 Å². The van der Waals surface area contributed by atoms with Gasteiger partial charge in [-0.3, -0.25) is 0 Å². The van der Waals surface area contributed by atoms with Gasteiger partial charge in [0.15, 0.2) is 5.13 Å². The van der Waals surface area contributed by atoms with Crippen LogP contribution in [0.3, 0.4) is 0 Å². The minimum absolute atomic E-state index is 0. The lowest BCUT2D eigenvalue weighted by Crippen LogP contribution is -2.05. The number of nitrogen functional groups attached to an aromatic ring is 1. The summed E-state index contributed by atoms with van der Waals surface area (Å²) in [5.74, 6) is 0.726. The molecule has 0 aliphatic heterocycles. The minimum atomic E-state index is 0. The number of aryl methyl sites for hydroxylation is 1. The molecule has 5 heteroatoms. The van der Waals surface area contributed by atoms with Crippen molar-refractivity contribution in [3.63, 3.8) is 0 Å². The largest absolute Gasteiger partial charge is 0.375 e. The summed E-state index contributed by atoms with van der Waals surface area (Å²) in [6.07, 6.45) is 1.20. The highest BCUT2D eigenvalue weighted by molar-refractivity contribution is 7.13. The van der Waals surface area contributed by atoms with E-state index in [4.69, 9.17) is 5.73 Å². The molecule has 0 saturated carbocycles. The van der Waals surface area contributed by atoms with E-state index in [2.05, 4.69) is 43.3 Å². The number of nitrogens with two attached hydrogens (primary N) is 1. The van der Waals surface area contributed by atoms with Gasteiger partial charge >= 0.3 is 0 Å². The molecule has 0 saturated heterocycles. The molecule has 0 amide bonds. The standard InChI is InChI=1S/C14H21N3S.ClH/c1-9(2)5-6-17-10(3)7-12(11(17)4)13-8-18-14(15)16-13;/h7-9H,5-6H2,1-4H3,(H2,15,16);1H. The first-order chi connectivity index (χ1) is 8.49. The Morgan fingerprint density at radius 1 is 1.37 bits per heavy atom. The van der Waals surface area contributed by atoms with Crippen LogP contribution in [-0.4, -0.2) is 9.55 Å². The van der Waals surface area contributed by atoms with Crippen molar-refractivity contribution in [1.82, 2.24) is 9.55 Å². The molecule has 0 bridgehead atoms. The lowest BCUT2D eigenvalue weighted by molar-refractivity contribution is 0.507. The summed E-state index contributed by atoms with van der Waals surface area (Å²) in [5, 5.41) is 2.67. The Balaban J connectivity index is 0.00000180. The summed E-state index contributed by atoms with van der Waals surface area (Å²) in [6.45, 7) is 9.92. The van der Waals surface area contributed by atoms with Gasteiger partial charge in [-0.15, -0.1) is 23.7 Å². The summed E-state index contributed by atoms with van der Waals surface area (Å²) < 4.78 is 2.38. The summed E-state index contributed by atoms with van der Waals surface area (Å²) >= 11 is 1.50.